The highest BCUT2D eigenvalue weighted by atomic mass is 16.5. The van der Waals surface area contributed by atoms with E-state index in [0.29, 0.717) is 0 Å². The maximum atomic E-state index is 11.8. The standard InChI is InChI=1S/C11H23N3O2/c1-13(2)8-6-12-11(10(15)16-4)5-7-14(3)9-11/h12H,5-9H2,1-4H3. The zero-order chi connectivity index (χ0) is 12.2. The summed E-state index contributed by atoms with van der Waals surface area (Å²) in [6.45, 7) is 3.38. The van der Waals surface area contributed by atoms with Crippen LogP contribution in [-0.2, 0) is 9.53 Å². The third-order valence-corrected chi connectivity index (χ3v) is 3.06. The summed E-state index contributed by atoms with van der Waals surface area (Å²) >= 11 is 0. The van der Waals surface area contributed by atoms with Crippen LogP contribution in [0.1, 0.15) is 6.42 Å². The number of methoxy groups -OCH3 is 1. The van der Waals surface area contributed by atoms with Crippen LogP contribution < -0.4 is 5.32 Å². The molecule has 1 N–H and O–H groups in total. The first-order chi connectivity index (χ1) is 7.50. The number of rotatable bonds is 5. The van der Waals surface area contributed by atoms with E-state index in [1.807, 2.05) is 21.1 Å². The molecule has 0 aromatic rings. The van der Waals surface area contributed by atoms with Gasteiger partial charge in [-0.05, 0) is 27.6 Å². The fourth-order valence-corrected chi connectivity index (χ4v) is 2.10. The molecule has 0 bridgehead atoms. The van der Waals surface area contributed by atoms with Gasteiger partial charge < -0.3 is 14.5 Å². The van der Waals surface area contributed by atoms with Crippen LogP contribution in [0.3, 0.4) is 0 Å². The van der Waals surface area contributed by atoms with Crippen molar-refractivity contribution in [3.8, 4) is 0 Å². The van der Waals surface area contributed by atoms with E-state index in [1.165, 1.54) is 7.11 Å². The predicted octanol–water partition coefficient (Wildman–Crippen LogP) is -0.615. The molecule has 1 aliphatic rings. The Hall–Kier alpha value is -0.650. The van der Waals surface area contributed by atoms with Crippen LogP contribution in [0.4, 0.5) is 0 Å². The summed E-state index contributed by atoms with van der Waals surface area (Å²) in [7, 11) is 7.52. The van der Waals surface area contributed by atoms with Crippen LogP contribution in [0, 0.1) is 0 Å². The molecule has 0 aliphatic carbocycles. The Balaban J connectivity index is 2.55. The van der Waals surface area contributed by atoms with Gasteiger partial charge in [0.15, 0.2) is 0 Å². The fourth-order valence-electron chi connectivity index (χ4n) is 2.10. The van der Waals surface area contributed by atoms with Crippen molar-refractivity contribution in [2.45, 2.75) is 12.0 Å². The number of ether oxygens (including phenoxy) is 1. The number of nitrogens with one attached hydrogen (secondary N) is 1. The van der Waals surface area contributed by atoms with Gasteiger partial charge in [-0.3, -0.25) is 10.1 Å². The van der Waals surface area contributed by atoms with Gasteiger partial charge in [-0.2, -0.15) is 0 Å². The Kier molecular flexibility index (Phi) is 4.70. The molecule has 1 aliphatic heterocycles. The molecule has 1 heterocycles. The molecule has 5 heteroatoms. The number of esters is 1. The van der Waals surface area contributed by atoms with Crippen molar-refractivity contribution in [3.05, 3.63) is 0 Å². The number of likely N-dealkylation sites (tertiary alicyclic amines) is 1. The molecule has 0 spiro atoms. The van der Waals surface area contributed by atoms with Crippen molar-refractivity contribution in [2.24, 2.45) is 0 Å². The van der Waals surface area contributed by atoms with Crippen LogP contribution in [-0.4, -0.2) is 75.7 Å². The van der Waals surface area contributed by atoms with Crippen LogP contribution in [0.15, 0.2) is 0 Å². The highest BCUT2D eigenvalue weighted by Crippen LogP contribution is 2.21. The maximum absolute atomic E-state index is 11.8. The molecule has 1 unspecified atom stereocenters. The Morgan fingerprint density at radius 2 is 2.25 bits per heavy atom. The van der Waals surface area contributed by atoms with Crippen molar-refractivity contribution in [1.82, 2.24) is 15.1 Å². The Morgan fingerprint density at radius 1 is 1.56 bits per heavy atom. The van der Waals surface area contributed by atoms with Gasteiger partial charge in [0.05, 0.1) is 7.11 Å². The number of carbonyl (C=O) groups excluding carboxylic acids is 1. The van der Waals surface area contributed by atoms with Crippen LogP contribution in [0.25, 0.3) is 0 Å². The highest BCUT2D eigenvalue weighted by Gasteiger charge is 2.44. The van der Waals surface area contributed by atoms with Gasteiger partial charge in [-0.1, -0.05) is 0 Å². The summed E-state index contributed by atoms with van der Waals surface area (Å²) in [6.07, 6.45) is 0.823. The van der Waals surface area contributed by atoms with E-state index in [-0.39, 0.29) is 5.97 Å². The second-order valence-corrected chi connectivity index (χ2v) is 4.79. The van der Waals surface area contributed by atoms with Crippen molar-refractivity contribution in [3.63, 3.8) is 0 Å². The first-order valence-electron chi connectivity index (χ1n) is 5.67. The number of nitrogens with zero attached hydrogens (tertiary/aromatic N) is 2. The second-order valence-electron chi connectivity index (χ2n) is 4.79. The SMILES string of the molecule is COC(=O)C1(NCCN(C)C)CCN(C)C1. The highest BCUT2D eigenvalue weighted by molar-refractivity contribution is 5.81. The minimum atomic E-state index is -0.500. The summed E-state index contributed by atoms with van der Waals surface area (Å²) in [4.78, 5) is 16.1. The quantitative estimate of drug-likeness (QED) is 0.637. The van der Waals surface area contributed by atoms with Gasteiger partial charge in [0.25, 0.3) is 0 Å². The molecule has 1 saturated heterocycles. The molecule has 1 atom stereocenters. The molecule has 0 aromatic carbocycles. The maximum Gasteiger partial charge on any atom is 0.327 e. The molecule has 0 aromatic heterocycles. The lowest BCUT2D eigenvalue weighted by atomic mass is 9.99. The van der Waals surface area contributed by atoms with Crippen molar-refractivity contribution in [2.75, 3.05) is 54.4 Å². The van der Waals surface area contributed by atoms with Crippen LogP contribution in [0.5, 0.6) is 0 Å². The summed E-state index contributed by atoms with van der Waals surface area (Å²) in [5.41, 5.74) is -0.500. The van der Waals surface area contributed by atoms with Gasteiger partial charge in [0.2, 0.25) is 0 Å². The molecular weight excluding hydrogens is 206 g/mol. The van der Waals surface area contributed by atoms with E-state index in [1.54, 1.807) is 0 Å². The predicted molar refractivity (Wildman–Crippen MR) is 63.4 cm³/mol. The lowest BCUT2D eigenvalue weighted by Crippen LogP contribution is -2.55. The van der Waals surface area contributed by atoms with Crippen LogP contribution >= 0.6 is 0 Å². The molecule has 0 radical (unpaired) electrons. The van der Waals surface area contributed by atoms with E-state index in [2.05, 4.69) is 15.1 Å². The van der Waals surface area contributed by atoms with E-state index in [9.17, 15) is 4.79 Å². The van der Waals surface area contributed by atoms with Crippen LogP contribution in [0.2, 0.25) is 0 Å². The van der Waals surface area contributed by atoms with Gasteiger partial charge in [-0.25, -0.2) is 0 Å². The third-order valence-electron chi connectivity index (χ3n) is 3.06. The lowest BCUT2D eigenvalue weighted by molar-refractivity contribution is -0.148. The van der Waals surface area contributed by atoms with Gasteiger partial charge in [0.1, 0.15) is 5.54 Å². The molecule has 5 nitrogen and oxygen atoms in total. The third kappa shape index (κ3) is 3.17. The zero-order valence-electron chi connectivity index (χ0n) is 10.7. The van der Waals surface area contributed by atoms with Crippen molar-refractivity contribution in [1.29, 1.82) is 0 Å². The first-order valence-corrected chi connectivity index (χ1v) is 5.67. The second kappa shape index (κ2) is 5.61. The molecule has 16 heavy (non-hydrogen) atoms. The number of likely N-dealkylation sites (N-methyl/N-ethyl adjacent to an activating group) is 2. The Morgan fingerprint density at radius 3 is 2.69 bits per heavy atom. The Bertz CT molecular complexity index is 245. The summed E-state index contributed by atoms with van der Waals surface area (Å²) in [6, 6.07) is 0. The fraction of sp³-hybridized carbons (Fsp3) is 0.909. The van der Waals surface area contributed by atoms with E-state index in [4.69, 9.17) is 4.74 Å². The van der Waals surface area contributed by atoms with Gasteiger partial charge in [-0.15, -0.1) is 0 Å². The normalized spacial score (nSPS) is 26.3. The molecule has 1 rings (SSSR count). The summed E-state index contributed by atoms with van der Waals surface area (Å²) < 4.78 is 4.90. The van der Waals surface area contributed by atoms with Crippen molar-refractivity contribution >= 4 is 5.97 Å². The number of hydrogen-bond donors (Lipinski definition) is 1. The Labute approximate surface area is 97.7 Å². The van der Waals surface area contributed by atoms with Gasteiger partial charge >= 0.3 is 5.97 Å². The molecule has 0 amide bonds. The lowest BCUT2D eigenvalue weighted by Gasteiger charge is -2.28. The average Bonchev–Trinajstić information content (AvgIpc) is 2.60. The molecule has 0 saturated carbocycles. The molecular formula is C11H23N3O2. The number of hydrogen-bond acceptors (Lipinski definition) is 5. The first kappa shape index (κ1) is 13.4. The molecule has 94 valence electrons. The summed E-state index contributed by atoms with van der Waals surface area (Å²) in [5.74, 6) is -0.143. The molecule has 1 fully saturated rings. The zero-order valence-corrected chi connectivity index (χ0v) is 10.7. The largest absolute Gasteiger partial charge is 0.468 e. The average molecular weight is 229 g/mol. The van der Waals surface area contributed by atoms with Gasteiger partial charge in [0, 0.05) is 26.2 Å². The minimum absolute atomic E-state index is 0.143. The van der Waals surface area contributed by atoms with Crippen molar-refractivity contribution < 1.29 is 9.53 Å². The van der Waals surface area contributed by atoms with E-state index < -0.39 is 5.54 Å². The smallest absolute Gasteiger partial charge is 0.327 e. The number of carbonyl (C=O) groups is 1. The van der Waals surface area contributed by atoms with E-state index in [0.717, 1.165) is 32.6 Å². The topological polar surface area (TPSA) is 44.8 Å². The monoisotopic (exact) mass is 229 g/mol. The minimum Gasteiger partial charge on any atom is -0.468 e. The summed E-state index contributed by atoms with van der Waals surface area (Å²) in [5, 5.41) is 3.35. The van der Waals surface area contributed by atoms with E-state index >= 15 is 0 Å².